The summed E-state index contributed by atoms with van der Waals surface area (Å²) in [5, 5.41) is 3.25. The SMILES string of the molecule is COc1ccc(C2=C(Nc3cc(C)cc(C)c3)C(=O)N(c3ccc(C(C)(C)C)cc3)C2=O)cc1. The van der Waals surface area contributed by atoms with E-state index in [1.807, 2.05) is 50.2 Å². The Morgan fingerprint density at radius 2 is 1.38 bits per heavy atom. The maximum absolute atomic E-state index is 13.7. The van der Waals surface area contributed by atoms with Crippen LogP contribution in [0.5, 0.6) is 5.75 Å². The first kappa shape index (κ1) is 23.3. The van der Waals surface area contributed by atoms with Gasteiger partial charge >= 0.3 is 0 Å². The lowest BCUT2D eigenvalue weighted by atomic mass is 9.87. The molecule has 5 heteroatoms. The number of benzene rings is 3. The van der Waals surface area contributed by atoms with E-state index in [0.717, 1.165) is 22.4 Å². The van der Waals surface area contributed by atoms with E-state index in [2.05, 4.69) is 32.2 Å². The van der Waals surface area contributed by atoms with Crippen LogP contribution >= 0.6 is 0 Å². The van der Waals surface area contributed by atoms with Crippen LogP contribution in [-0.4, -0.2) is 18.9 Å². The lowest BCUT2D eigenvalue weighted by molar-refractivity contribution is -0.120. The minimum atomic E-state index is -0.376. The number of methoxy groups -OCH3 is 1. The van der Waals surface area contributed by atoms with Gasteiger partial charge in [0, 0.05) is 5.69 Å². The first-order valence-electron chi connectivity index (χ1n) is 11.3. The van der Waals surface area contributed by atoms with E-state index in [4.69, 9.17) is 4.74 Å². The van der Waals surface area contributed by atoms with E-state index < -0.39 is 0 Å². The number of hydrogen-bond donors (Lipinski definition) is 1. The number of carbonyl (C=O) groups is 2. The van der Waals surface area contributed by atoms with Crippen molar-refractivity contribution in [1.82, 2.24) is 0 Å². The molecule has 0 saturated heterocycles. The Morgan fingerprint density at radius 3 is 1.91 bits per heavy atom. The fourth-order valence-electron chi connectivity index (χ4n) is 4.21. The predicted molar refractivity (Wildman–Crippen MR) is 137 cm³/mol. The van der Waals surface area contributed by atoms with Crippen LogP contribution in [0.15, 0.2) is 72.4 Å². The van der Waals surface area contributed by atoms with Gasteiger partial charge < -0.3 is 10.1 Å². The first-order chi connectivity index (χ1) is 16.1. The van der Waals surface area contributed by atoms with Crippen LogP contribution in [0.25, 0.3) is 5.57 Å². The summed E-state index contributed by atoms with van der Waals surface area (Å²) in [6.07, 6.45) is 0. The molecule has 3 aromatic carbocycles. The Bertz CT molecular complexity index is 1260. The molecule has 0 aliphatic carbocycles. The van der Waals surface area contributed by atoms with Crippen molar-refractivity contribution in [2.24, 2.45) is 0 Å². The summed E-state index contributed by atoms with van der Waals surface area (Å²) in [6.45, 7) is 10.4. The van der Waals surface area contributed by atoms with Gasteiger partial charge in [0.25, 0.3) is 11.8 Å². The van der Waals surface area contributed by atoms with E-state index in [0.29, 0.717) is 22.6 Å². The van der Waals surface area contributed by atoms with Gasteiger partial charge in [-0.25, -0.2) is 4.90 Å². The molecule has 4 rings (SSSR count). The van der Waals surface area contributed by atoms with Crippen LogP contribution in [0.3, 0.4) is 0 Å². The second-order valence-corrected chi connectivity index (χ2v) is 9.72. The molecule has 0 saturated carbocycles. The Kier molecular flexibility index (Phi) is 6.05. The molecule has 1 heterocycles. The van der Waals surface area contributed by atoms with E-state index in [9.17, 15) is 9.59 Å². The number of hydrogen-bond acceptors (Lipinski definition) is 4. The molecule has 34 heavy (non-hydrogen) atoms. The van der Waals surface area contributed by atoms with Crippen LogP contribution in [0.1, 0.15) is 43.0 Å². The molecule has 0 aromatic heterocycles. The van der Waals surface area contributed by atoms with E-state index in [1.165, 1.54) is 4.90 Å². The summed E-state index contributed by atoms with van der Waals surface area (Å²) in [5.74, 6) is -0.0522. The first-order valence-corrected chi connectivity index (χ1v) is 11.3. The van der Waals surface area contributed by atoms with Crippen molar-refractivity contribution in [3.8, 4) is 5.75 Å². The van der Waals surface area contributed by atoms with Crippen molar-refractivity contribution in [2.45, 2.75) is 40.0 Å². The zero-order valence-corrected chi connectivity index (χ0v) is 20.5. The molecule has 1 aliphatic rings. The van der Waals surface area contributed by atoms with Gasteiger partial charge in [-0.15, -0.1) is 0 Å². The number of anilines is 2. The minimum Gasteiger partial charge on any atom is -0.497 e. The monoisotopic (exact) mass is 454 g/mol. The van der Waals surface area contributed by atoms with Gasteiger partial charge in [-0.2, -0.15) is 0 Å². The molecule has 0 spiro atoms. The highest BCUT2D eigenvalue weighted by atomic mass is 16.5. The highest BCUT2D eigenvalue weighted by Crippen LogP contribution is 2.35. The maximum Gasteiger partial charge on any atom is 0.282 e. The number of nitrogens with zero attached hydrogens (tertiary/aromatic N) is 1. The molecule has 1 N–H and O–H groups in total. The van der Waals surface area contributed by atoms with Gasteiger partial charge in [-0.05, 0) is 77.9 Å². The normalized spacial score (nSPS) is 14.1. The Morgan fingerprint density at radius 1 is 0.794 bits per heavy atom. The maximum atomic E-state index is 13.7. The number of imide groups is 1. The topological polar surface area (TPSA) is 58.6 Å². The average Bonchev–Trinajstić information content (AvgIpc) is 3.02. The summed E-state index contributed by atoms with van der Waals surface area (Å²) < 4.78 is 5.26. The molecule has 2 amide bonds. The van der Waals surface area contributed by atoms with Crippen molar-refractivity contribution >= 4 is 28.8 Å². The third-order valence-corrected chi connectivity index (χ3v) is 5.95. The minimum absolute atomic E-state index is 0.0280. The van der Waals surface area contributed by atoms with Gasteiger partial charge in [0.05, 0.1) is 18.4 Å². The molecular weight excluding hydrogens is 424 g/mol. The van der Waals surface area contributed by atoms with E-state index >= 15 is 0 Å². The van der Waals surface area contributed by atoms with Crippen LogP contribution < -0.4 is 15.0 Å². The van der Waals surface area contributed by atoms with Crippen molar-refractivity contribution in [1.29, 1.82) is 0 Å². The number of ether oxygens (including phenoxy) is 1. The molecule has 0 unspecified atom stereocenters. The molecular formula is C29H30N2O3. The fraction of sp³-hybridized carbons (Fsp3) is 0.241. The zero-order chi connectivity index (χ0) is 24.6. The second kappa shape index (κ2) is 8.82. The molecule has 0 fully saturated rings. The van der Waals surface area contributed by atoms with Gasteiger partial charge in [0.1, 0.15) is 11.4 Å². The number of carbonyl (C=O) groups excluding carboxylic acids is 2. The predicted octanol–water partition coefficient (Wildman–Crippen LogP) is 6.01. The standard InChI is InChI=1S/C29H30N2O3/c1-18-15-19(2)17-22(16-18)30-26-25(20-7-13-24(34-6)14-8-20)27(32)31(28(26)33)23-11-9-21(10-12-23)29(3,4)5/h7-17,30H,1-6H3. The van der Waals surface area contributed by atoms with Crippen molar-refractivity contribution < 1.29 is 14.3 Å². The van der Waals surface area contributed by atoms with Crippen molar-refractivity contribution in [3.63, 3.8) is 0 Å². The number of rotatable bonds is 5. The van der Waals surface area contributed by atoms with Gasteiger partial charge in [0.15, 0.2) is 0 Å². The smallest absolute Gasteiger partial charge is 0.282 e. The molecule has 0 atom stereocenters. The summed E-state index contributed by atoms with van der Waals surface area (Å²) in [7, 11) is 1.59. The van der Waals surface area contributed by atoms with Gasteiger partial charge in [-0.3, -0.25) is 9.59 Å². The third kappa shape index (κ3) is 4.46. The van der Waals surface area contributed by atoms with Gasteiger partial charge in [-0.1, -0.05) is 51.1 Å². The van der Waals surface area contributed by atoms with Gasteiger partial charge in [0.2, 0.25) is 0 Å². The highest BCUT2D eigenvalue weighted by molar-refractivity contribution is 6.46. The van der Waals surface area contributed by atoms with Crippen LogP contribution in [0.2, 0.25) is 0 Å². The summed E-state index contributed by atoms with van der Waals surface area (Å²) >= 11 is 0. The molecule has 0 radical (unpaired) electrons. The summed E-state index contributed by atoms with van der Waals surface area (Å²) in [4.78, 5) is 28.5. The Balaban J connectivity index is 1.79. The highest BCUT2D eigenvalue weighted by Gasteiger charge is 2.40. The number of aryl methyl sites for hydroxylation is 2. The van der Waals surface area contributed by atoms with Crippen molar-refractivity contribution in [2.75, 3.05) is 17.3 Å². The molecule has 1 aliphatic heterocycles. The lowest BCUT2D eigenvalue weighted by Gasteiger charge is -2.21. The van der Waals surface area contributed by atoms with E-state index in [1.54, 1.807) is 31.4 Å². The average molecular weight is 455 g/mol. The number of amides is 2. The fourth-order valence-corrected chi connectivity index (χ4v) is 4.21. The summed E-state index contributed by atoms with van der Waals surface area (Å²) in [5.41, 5.74) is 5.82. The van der Waals surface area contributed by atoms with Crippen LogP contribution in [-0.2, 0) is 15.0 Å². The third-order valence-electron chi connectivity index (χ3n) is 5.95. The molecule has 3 aromatic rings. The largest absolute Gasteiger partial charge is 0.497 e. The Labute approximate surface area is 201 Å². The second-order valence-electron chi connectivity index (χ2n) is 9.72. The summed E-state index contributed by atoms with van der Waals surface area (Å²) in [6, 6.07) is 20.8. The zero-order valence-electron chi connectivity index (χ0n) is 20.5. The molecule has 5 nitrogen and oxygen atoms in total. The van der Waals surface area contributed by atoms with Crippen LogP contribution in [0, 0.1) is 13.8 Å². The Hall–Kier alpha value is -3.86. The molecule has 0 bridgehead atoms. The van der Waals surface area contributed by atoms with Crippen LogP contribution in [0.4, 0.5) is 11.4 Å². The molecule has 174 valence electrons. The quantitative estimate of drug-likeness (QED) is 0.480. The lowest BCUT2D eigenvalue weighted by Crippen LogP contribution is -2.32. The number of nitrogens with one attached hydrogen (secondary N) is 1. The van der Waals surface area contributed by atoms with Crippen molar-refractivity contribution in [3.05, 3.63) is 94.7 Å². The van der Waals surface area contributed by atoms with E-state index in [-0.39, 0.29) is 22.9 Å².